The highest BCUT2D eigenvalue weighted by molar-refractivity contribution is 7.89. The molecule has 1 aliphatic carbocycles. The maximum absolute atomic E-state index is 13.2. The lowest BCUT2D eigenvalue weighted by Crippen LogP contribution is -2.48. The van der Waals surface area contributed by atoms with Gasteiger partial charge in [0.2, 0.25) is 10.0 Å². The van der Waals surface area contributed by atoms with Crippen molar-refractivity contribution < 1.29 is 12.8 Å². The lowest BCUT2D eigenvalue weighted by atomic mass is 9.92. The fourth-order valence-corrected chi connectivity index (χ4v) is 5.91. The zero-order valence-electron chi connectivity index (χ0n) is 17.7. The molecule has 2 aliphatic rings. The molecule has 1 aliphatic heterocycles. The molecule has 0 N–H and O–H groups in total. The summed E-state index contributed by atoms with van der Waals surface area (Å²) in [7, 11) is -3.51. The van der Waals surface area contributed by atoms with Crippen LogP contribution in [0.1, 0.15) is 29.8 Å². The Morgan fingerprint density at radius 2 is 1.62 bits per heavy atom. The van der Waals surface area contributed by atoms with Gasteiger partial charge in [0.15, 0.2) is 5.82 Å². The Kier molecular flexibility index (Phi) is 5.75. The van der Waals surface area contributed by atoms with Crippen LogP contribution in [0.3, 0.4) is 0 Å². The van der Waals surface area contributed by atoms with Crippen LogP contribution in [0.4, 0.5) is 4.39 Å². The van der Waals surface area contributed by atoms with E-state index in [9.17, 15) is 12.8 Å². The van der Waals surface area contributed by atoms with E-state index >= 15 is 0 Å². The summed E-state index contributed by atoms with van der Waals surface area (Å²) in [4.78, 5) is 2.52. The minimum absolute atomic E-state index is 0.320. The highest BCUT2D eigenvalue weighted by atomic mass is 32.2. The van der Waals surface area contributed by atoms with Crippen molar-refractivity contribution in [3.8, 4) is 5.69 Å². The Morgan fingerprint density at radius 1 is 0.906 bits per heavy atom. The largest absolute Gasteiger partial charge is 0.293 e. The Bertz CT molecular complexity index is 1200. The molecule has 168 valence electrons. The molecule has 0 bridgehead atoms. The van der Waals surface area contributed by atoms with Crippen LogP contribution in [-0.2, 0) is 29.4 Å². The van der Waals surface area contributed by atoms with E-state index in [0.29, 0.717) is 49.1 Å². The van der Waals surface area contributed by atoms with Crippen molar-refractivity contribution in [2.24, 2.45) is 0 Å². The van der Waals surface area contributed by atoms with Gasteiger partial charge in [0.25, 0.3) is 0 Å². The molecule has 1 aromatic heterocycles. The molecule has 1 saturated heterocycles. The van der Waals surface area contributed by atoms with Gasteiger partial charge in [-0.3, -0.25) is 4.90 Å². The zero-order valence-corrected chi connectivity index (χ0v) is 18.5. The van der Waals surface area contributed by atoms with Gasteiger partial charge in [-0.2, -0.15) is 8.99 Å². The van der Waals surface area contributed by atoms with Crippen molar-refractivity contribution in [2.45, 2.75) is 37.1 Å². The molecule has 32 heavy (non-hydrogen) atoms. The Labute approximate surface area is 186 Å². The molecule has 0 amide bonds. The van der Waals surface area contributed by atoms with Gasteiger partial charge in [-0.15, -0.1) is 5.10 Å². The topological polar surface area (TPSA) is 84.2 Å². The molecule has 0 saturated carbocycles. The monoisotopic (exact) mass is 456 g/mol. The highest BCUT2D eigenvalue weighted by Gasteiger charge is 2.30. The molecule has 8 nitrogen and oxygen atoms in total. The van der Waals surface area contributed by atoms with Crippen LogP contribution in [0.5, 0.6) is 0 Å². The van der Waals surface area contributed by atoms with E-state index in [4.69, 9.17) is 0 Å². The fourth-order valence-electron chi connectivity index (χ4n) is 4.43. The summed E-state index contributed by atoms with van der Waals surface area (Å²) >= 11 is 0. The SMILES string of the molecule is O=S(=O)(c1ccc2c(c1)CCCC2)N1CCN(Cc2nnnn2-c2ccc(F)cc2)CC1. The predicted molar refractivity (Wildman–Crippen MR) is 116 cm³/mol. The third kappa shape index (κ3) is 4.17. The van der Waals surface area contributed by atoms with Crippen LogP contribution in [0.15, 0.2) is 47.4 Å². The molecule has 5 rings (SSSR count). The van der Waals surface area contributed by atoms with Crippen molar-refractivity contribution >= 4 is 10.0 Å². The van der Waals surface area contributed by atoms with Gasteiger partial charge >= 0.3 is 0 Å². The molecule has 10 heteroatoms. The minimum Gasteiger partial charge on any atom is -0.293 e. The molecule has 3 aromatic rings. The number of tetrazole rings is 1. The number of aryl methyl sites for hydroxylation is 2. The molecule has 0 radical (unpaired) electrons. The van der Waals surface area contributed by atoms with Crippen LogP contribution in [0, 0.1) is 5.82 Å². The average molecular weight is 457 g/mol. The Balaban J connectivity index is 1.25. The summed E-state index contributed by atoms with van der Waals surface area (Å²) in [5.74, 6) is 0.308. The van der Waals surface area contributed by atoms with Gasteiger partial charge in [0.1, 0.15) is 5.82 Å². The smallest absolute Gasteiger partial charge is 0.243 e. The summed E-state index contributed by atoms with van der Waals surface area (Å²) < 4.78 is 42.8. The predicted octanol–water partition coefficient (Wildman–Crippen LogP) is 2.19. The third-order valence-corrected chi connectivity index (χ3v) is 8.15. The second kappa shape index (κ2) is 8.68. The normalized spacial score (nSPS) is 17.9. The summed E-state index contributed by atoms with van der Waals surface area (Å²) in [5, 5.41) is 11.9. The first-order valence-corrected chi connectivity index (χ1v) is 12.3. The number of benzene rings is 2. The number of rotatable bonds is 5. The van der Waals surface area contributed by atoms with Crippen LogP contribution in [0.25, 0.3) is 5.69 Å². The number of hydrogen-bond acceptors (Lipinski definition) is 6. The fraction of sp³-hybridized carbons (Fsp3) is 0.409. The maximum atomic E-state index is 13.2. The van der Waals surface area contributed by atoms with Crippen LogP contribution in [0.2, 0.25) is 0 Å². The molecular weight excluding hydrogens is 431 g/mol. The summed E-state index contributed by atoms with van der Waals surface area (Å²) in [6, 6.07) is 11.6. The van der Waals surface area contributed by atoms with E-state index in [1.165, 1.54) is 29.7 Å². The molecule has 1 fully saturated rings. The summed E-state index contributed by atoms with van der Waals surface area (Å²) in [6.45, 7) is 2.48. The molecule has 0 spiro atoms. The number of halogens is 1. The van der Waals surface area contributed by atoms with E-state index in [-0.39, 0.29) is 5.82 Å². The quantitative estimate of drug-likeness (QED) is 0.585. The van der Waals surface area contributed by atoms with Crippen molar-refractivity contribution in [3.63, 3.8) is 0 Å². The number of piperazine rings is 1. The second-order valence-corrected chi connectivity index (χ2v) is 10.2. The lowest BCUT2D eigenvalue weighted by molar-refractivity contribution is 0.177. The first-order chi connectivity index (χ1) is 15.5. The number of aromatic nitrogens is 4. The van der Waals surface area contributed by atoms with E-state index in [0.717, 1.165) is 19.3 Å². The van der Waals surface area contributed by atoms with Crippen molar-refractivity contribution in [1.29, 1.82) is 0 Å². The van der Waals surface area contributed by atoms with Crippen molar-refractivity contribution in [1.82, 2.24) is 29.4 Å². The summed E-state index contributed by atoms with van der Waals surface area (Å²) in [5.41, 5.74) is 3.13. The van der Waals surface area contributed by atoms with Crippen molar-refractivity contribution in [2.75, 3.05) is 26.2 Å². The van der Waals surface area contributed by atoms with Gasteiger partial charge in [0, 0.05) is 26.2 Å². The number of hydrogen-bond donors (Lipinski definition) is 0. The number of sulfonamides is 1. The average Bonchev–Trinajstić information content (AvgIpc) is 3.27. The first-order valence-electron chi connectivity index (χ1n) is 10.9. The van der Waals surface area contributed by atoms with Gasteiger partial charge in [-0.1, -0.05) is 6.07 Å². The van der Waals surface area contributed by atoms with Gasteiger partial charge < -0.3 is 0 Å². The molecular formula is C22H25FN6O2S. The van der Waals surface area contributed by atoms with E-state index in [2.05, 4.69) is 20.4 Å². The lowest BCUT2D eigenvalue weighted by Gasteiger charge is -2.33. The molecule has 2 aromatic carbocycles. The number of nitrogens with zero attached hydrogens (tertiary/aromatic N) is 6. The first kappa shape index (κ1) is 21.2. The molecule has 0 atom stereocenters. The summed E-state index contributed by atoms with van der Waals surface area (Å²) in [6.07, 6.45) is 4.28. The standard InChI is InChI=1S/C22H25FN6O2S/c23-19-6-8-20(9-7-19)29-22(24-25-26-29)16-27-11-13-28(14-12-27)32(30,31)21-10-5-17-3-1-2-4-18(17)15-21/h5-10,15H,1-4,11-14,16H2. The Morgan fingerprint density at radius 3 is 2.38 bits per heavy atom. The maximum Gasteiger partial charge on any atom is 0.243 e. The minimum atomic E-state index is -3.51. The van der Waals surface area contributed by atoms with Crippen LogP contribution in [-0.4, -0.2) is 64.0 Å². The van der Waals surface area contributed by atoms with Gasteiger partial charge in [-0.25, -0.2) is 12.8 Å². The zero-order chi connectivity index (χ0) is 22.1. The highest BCUT2D eigenvalue weighted by Crippen LogP contribution is 2.26. The number of fused-ring (bicyclic) bond motifs is 1. The van der Waals surface area contributed by atoms with Gasteiger partial charge in [0.05, 0.1) is 17.1 Å². The van der Waals surface area contributed by atoms with Crippen molar-refractivity contribution in [3.05, 3.63) is 65.2 Å². The molecule has 2 heterocycles. The third-order valence-electron chi connectivity index (χ3n) is 6.26. The van der Waals surface area contributed by atoms with E-state index < -0.39 is 10.0 Å². The Hall–Kier alpha value is -2.69. The van der Waals surface area contributed by atoms with E-state index in [1.54, 1.807) is 27.2 Å². The van der Waals surface area contributed by atoms with Crippen LogP contribution < -0.4 is 0 Å². The van der Waals surface area contributed by atoms with E-state index in [1.807, 2.05) is 12.1 Å². The second-order valence-electron chi connectivity index (χ2n) is 8.30. The molecule has 0 unspecified atom stereocenters. The van der Waals surface area contributed by atoms with Gasteiger partial charge in [-0.05, 0) is 83.6 Å². The van der Waals surface area contributed by atoms with Crippen LogP contribution >= 0.6 is 0 Å².